The van der Waals surface area contributed by atoms with E-state index in [1.807, 2.05) is 24.3 Å². The van der Waals surface area contributed by atoms with Gasteiger partial charge in [-0.15, -0.1) is 0 Å². The molecule has 0 unspecified atom stereocenters. The van der Waals surface area contributed by atoms with E-state index in [4.69, 9.17) is 25.8 Å². The van der Waals surface area contributed by atoms with Gasteiger partial charge in [0.2, 0.25) is 5.75 Å². The summed E-state index contributed by atoms with van der Waals surface area (Å²) in [6.07, 6.45) is 0.935. The van der Waals surface area contributed by atoms with Gasteiger partial charge in [0.15, 0.2) is 11.5 Å². The predicted octanol–water partition coefficient (Wildman–Crippen LogP) is 4.12. The third-order valence-electron chi connectivity index (χ3n) is 5.31. The van der Waals surface area contributed by atoms with E-state index in [1.165, 1.54) is 11.3 Å². The van der Waals surface area contributed by atoms with Crippen LogP contribution in [0.3, 0.4) is 0 Å². The minimum Gasteiger partial charge on any atom is -0.493 e. The van der Waals surface area contributed by atoms with E-state index >= 15 is 0 Å². The highest BCUT2D eigenvalue weighted by molar-refractivity contribution is 6.30. The number of ether oxygens (including phenoxy) is 3. The van der Waals surface area contributed by atoms with Gasteiger partial charge in [-0.1, -0.05) is 11.6 Å². The molecule has 1 aliphatic rings. The van der Waals surface area contributed by atoms with Crippen LogP contribution in [0.15, 0.2) is 36.4 Å². The average molecular weight is 405 g/mol. The number of nitrogens with zero attached hydrogens (tertiary/aromatic N) is 2. The largest absolute Gasteiger partial charge is 0.493 e. The second kappa shape index (κ2) is 9.39. The fourth-order valence-electron chi connectivity index (χ4n) is 3.82. The molecule has 2 aromatic carbocycles. The van der Waals surface area contributed by atoms with Gasteiger partial charge >= 0.3 is 0 Å². The van der Waals surface area contributed by atoms with Gasteiger partial charge in [0.1, 0.15) is 0 Å². The molecule has 0 aliphatic carbocycles. The Bertz CT molecular complexity index is 757. The van der Waals surface area contributed by atoms with Crippen molar-refractivity contribution in [3.05, 3.63) is 47.0 Å². The SMILES string of the molecule is COc1cc(CCN2CCN(c3ccc(Cl)cc3)[C@@H](C)C2)cc(OC)c1OC. The molecular weight excluding hydrogens is 376 g/mol. The Morgan fingerprint density at radius 3 is 2.14 bits per heavy atom. The molecule has 0 aromatic heterocycles. The summed E-state index contributed by atoms with van der Waals surface area (Å²) in [7, 11) is 4.93. The highest BCUT2D eigenvalue weighted by Crippen LogP contribution is 2.38. The molecule has 0 N–H and O–H groups in total. The lowest BCUT2D eigenvalue weighted by atomic mass is 10.1. The van der Waals surface area contributed by atoms with Gasteiger partial charge in [-0.25, -0.2) is 0 Å². The summed E-state index contributed by atoms with van der Waals surface area (Å²) < 4.78 is 16.3. The molecule has 1 aliphatic heterocycles. The highest BCUT2D eigenvalue weighted by Gasteiger charge is 2.24. The Morgan fingerprint density at radius 2 is 1.61 bits per heavy atom. The van der Waals surface area contributed by atoms with Crippen LogP contribution in [0.4, 0.5) is 5.69 Å². The number of halogens is 1. The van der Waals surface area contributed by atoms with E-state index in [-0.39, 0.29) is 0 Å². The molecule has 0 spiro atoms. The molecule has 28 heavy (non-hydrogen) atoms. The predicted molar refractivity (Wildman–Crippen MR) is 115 cm³/mol. The zero-order valence-electron chi connectivity index (χ0n) is 17.1. The van der Waals surface area contributed by atoms with Crippen molar-refractivity contribution in [1.82, 2.24) is 4.90 Å². The third-order valence-corrected chi connectivity index (χ3v) is 5.56. The van der Waals surface area contributed by atoms with Gasteiger partial charge in [-0.05, 0) is 55.3 Å². The molecule has 0 saturated carbocycles. The summed E-state index contributed by atoms with van der Waals surface area (Å²) in [5, 5.41) is 0.778. The van der Waals surface area contributed by atoms with Gasteiger partial charge in [0.25, 0.3) is 0 Å². The Kier molecular flexibility index (Phi) is 6.92. The standard InChI is InChI=1S/C22H29ClN2O3/c1-16-15-24(11-12-25(16)19-7-5-18(23)6-8-19)10-9-17-13-20(26-2)22(28-4)21(14-17)27-3/h5-8,13-14,16H,9-12,15H2,1-4H3/t16-/m0/s1. The maximum Gasteiger partial charge on any atom is 0.203 e. The number of anilines is 1. The van der Waals surface area contributed by atoms with Crippen LogP contribution in [-0.4, -0.2) is 58.5 Å². The van der Waals surface area contributed by atoms with Crippen LogP contribution in [0.2, 0.25) is 5.02 Å². The van der Waals surface area contributed by atoms with E-state index in [9.17, 15) is 0 Å². The number of rotatable bonds is 7. The van der Waals surface area contributed by atoms with Gasteiger partial charge < -0.3 is 19.1 Å². The smallest absolute Gasteiger partial charge is 0.203 e. The maximum atomic E-state index is 6.02. The molecule has 6 heteroatoms. The third kappa shape index (κ3) is 4.65. The zero-order chi connectivity index (χ0) is 20.1. The minimum absolute atomic E-state index is 0.454. The Balaban J connectivity index is 1.61. The number of benzene rings is 2. The molecule has 1 saturated heterocycles. The molecule has 3 rings (SSSR count). The molecule has 5 nitrogen and oxygen atoms in total. The molecule has 0 amide bonds. The molecule has 0 radical (unpaired) electrons. The summed E-state index contributed by atoms with van der Waals surface area (Å²) in [6, 6.07) is 12.6. The van der Waals surface area contributed by atoms with Crippen LogP contribution >= 0.6 is 11.6 Å². The van der Waals surface area contributed by atoms with Crippen LogP contribution < -0.4 is 19.1 Å². The van der Waals surface area contributed by atoms with Crippen molar-refractivity contribution >= 4 is 17.3 Å². The molecular formula is C22H29ClN2O3. The highest BCUT2D eigenvalue weighted by atomic mass is 35.5. The lowest BCUT2D eigenvalue weighted by Gasteiger charge is -2.41. The first kappa shape index (κ1) is 20.6. The van der Waals surface area contributed by atoms with E-state index in [1.54, 1.807) is 21.3 Å². The number of hydrogen-bond donors (Lipinski definition) is 0. The van der Waals surface area contributed by atoms with E-state index in [2.05, 4.69) is 28.9 Å². The Hall–Kier alpha value is -2.11. The monoisotopic (exact) mass is 404 g/mol. The topological polar surface area (TPSA) is 34.2 Å². The fourth-order valence-corrected chi connectivity index (χ4v) is 3.95. The summed E-state index contributed by atoms with van der Waals surface area (Å²) in [6.45, 7) is 6.36. The van der Waals surface area contributed by atoms with E-state index in [0.717, 1.165) is 37.6 Å². The van der Waals surface area contributed by atoms with Gasteiger partial charge in [-0.3, -0.25) is 4.90 Å². The maximum absolute atomic E-state index is 6.02. The van der Waals surface area contributed by atoms with Gasteiger partial charge in [0, 0.05) is 42.9 Å². The van der Waals surface area contributed by atoms with Crippen LogP contribution in [0, 0.1) is 0 Å². The molecule has 0 bridgehead atoms. The second-order valence-electron chi connectivity index (χ2n) is 7.10. The van der Waals surface area contributed by atoms with Crippen LogP contribution in [0.1, 0.15) is 12.5 Å². The molecule has 2 aromatic rings. The van der Waals surface area contributed by atoms with Crippen molar-refractivity contribution < 1.29 is 14.2 Å². The van der Waals surface area contributed by atoms with Crippen LogP contribution in [-0.2, 0) is 6.42 Å². The van der Waals surface area contributed by atoms with E-state index in [0.29, 0.717) is 23.3 Å². The molecule has 1 heterocycles. The fraction of sp³-hybridized carbons (Fsp3) is 0.455. The Morgan fingerprint density at radius 1 is 0.964 bits per heavy atom. The van der Waals surface area contributed by atoms with Crippen LogP contribution in [0.25, 0.3) is 0 Å². The zero-order valence-corrected chi connectivity index (χ0v) is 17.8. The van der Waals surface area contributed by atoms with Gasteiger partial charge in [0.05, 0.1) is 21.3 Å². The summed E-state index contributed by atoms with van der Waals surface area (Å²) in [4.78, 5) is 4.96. The quantitative estimate of drug-likeness (QED) is 0.693. The van der Waals surface area contributed by atoms with Crippen molar-refractivity contribution in [3.63, 3.8) is 0 Å². The van der Waals surface area contributed by atoms with Crippen molar-refractivity contribution in [1.29, 1.82) is 0 Å². The summed E-state index contributed by atoms with van der Waals surface area (Å²) in [5.74, 6) is 2.05. The van der Waals surface area contributed by atoms with Crippen molar-refractivity contribution in [2.24, 2.45) is 0 Å². The lowest BCUT2D eigenvalue weighted by molar-refractivity contribution is 0.231. The first-order chi connectivity index (χ1) is 13.5. The van der Waals surface area contributed by atoms with E-state index < -0.39 is 0 Å². The van der Waals surface area contributed by atoms with Crippen LogP contribution in [0.5, 0.6) is 17.2 Å². The normalized spacial score (nSPS) is 17.5. The van der Waals surface area contributed by atoms with Crippen molar-refractivity contribution in [2.75, 3.05) is 52.4 Å². The number of methoxy groups -OCH3 is 3. The number of hydrogen-bond acceptors (Lipinski definition) is 5. The average Bonchev–Trinajstić information content (AvgIpc) is 2.72. The summed E-state index contributed by atoms with van der Waals surface area (Å²) in [5.41, 5.74) is 2.42. The first-order valence-electron chi connectivity index (χ1n) is 9.59. The Labute approximate surface area is 172 Å². The lowest BCUT2D eigenvalue weighted by Crippen LogP contribution is -2.52. The van der Waals surface area contributed by atoms with Crippen molar-refractivity contribution in [3.8, 4) is 17.2 Å². The summed E-state index contributed by atoms with van der Waals surface area (Å²) >= 11 is 6.02. The minimum atomic E-state index is 0.454. The molecule has 1 atom stereocenters. The number of piperazine rings is 1. The van der Waals surface area contributed by atoms with Crippen molar-refractivity contribution in [2.45, 2.75) is 19.4 Å². The van der Waals surface area contributed by atoms with Gasteiger partial charge in [-0.2, -0.15) is 0 Å². The second-order valence-corrected chi connectivity index (χ2v) is 7.54. The first-order valence-corrected chi connectivity index (χ1v) is 9.97. The molecule has 1 fully saturated rings. The molecule has 152 valence electrons.